The van der Waals surface area contributed by atoms with Gasteiger partial charge >= 0.3 is 6.09 Å². The largest absolute Gasteiger partial charge is 0.756 e. The van der Waals surface area contributed by atoms with E-state index in [0.717, 1.165) is 54.8 Å². The third-order valence-electron chi connectivity index (χ3n) is 11.5. The Kier molecular flexibility index (Phi) is 11.1. The predicted molar refractivity (Wildman–Crippen MR) is 158 cm³/mol. The molecule has 9 heteroatoms. The summed E-state index contributed by atoms with van der Waals surface area (Å²) in [6, 6.07) is 0. The van der Waals surface area contributed by atoms with Crippen LogP contribution in [0, 0.1) is 46.3 Å². The van der Waals surface area contributed by atoms with Gasteiger partial charge < -0.3 is 29.1 Å². The number of hydrogen-bond acceptors (Lipinski definition) is 6. The van der Waals surface area contributed by atoms with Crippen LogP contribution < -0.4 is 10.2 Å². The van der Waals surface area contributed by atoms with Gasteiger partial charge in [-0.15, -0.1) is 0 Å². The fourth-order valence-corrected chi connectivity index (χ4v) is 9.79. The first kappa shape index (κ1) is 33.0. The molecule has 0 bridgehead atoms. The second kappa shape index (κ2) is 13.8. The van der Waals surface area contributed by atoms with Crippen LogP contribution in [0.5, 0.6) is 0 Å². The number of nitrogens with one attached hydrogen (secondary N) is 1. The average molecular weight is 597 g/mol. The van der Waals surface area contributed by atoms with Gasteiger partial charge in [-0.25, -0.2) is 4.79 Å². The fraction of sp³-hybridized carbons (Fsp3) is 0.906. The van der Waals surface area contributed by atoms with Crippen molar-refractivity contribution in [1.29, 1.82) is 0 Å². The van der Waals surface area contributed by atoms with E-state index in [0.29, 0.717) is 5.41 Å². The van der Waals surface area contributed by atoms with E-state index in [-0.39, 0.29) is 37.9 Å². The minimum absolute atomic E-state index is 0.000963. The summed E-state index contributed by atoms with van der Waals surface area (Å²) < 4.78 is 25.7. The first-order chi connectivity index (χ1) is 19.3. The molecule has 41 heavy (non-hydrogen) atoms. The Balaban J connectivity index is 1.25. The predicted octanol–water partition coefficient (Wildman–Crippen LogP) is 6.62. The molecule has 236 valence electrons. The number of carbonyl (C=O) groups excluding carboxylic acids is 1. The number of phosphoric ester groups is 1. The topological polar surface area (TPSA) is 117 Å². The normalized spacial score (nSPS) is 36.9. The molecule has 8 nitrogen and oxygen atoms in total. The SMILES string of the molecule is CC(C)CCCC(C)C1CCC2C3CC=C4CC(OC(=O)NCCOCCOP(=O)([O-])O)CCC4(C)C3CCC12C. The molecular weight excluding hydrogens is 541 g/mol. The number of phosphoric acid groups is 1. The van der Waals surface area contributed by atoms with Gasteiger partial charge in [-0.2, -0.15) is 0 Å². The van der Waals surface area contributed by atoms with Crippen molar-refractivity contribution in [3.05, 3.63) is 11.6 Å². The molecule has 3 fully saturated rings. The van der Waals surface area contributed by atoms with Gasteiger partial charge in [0.1, 0.15) is 6.10 Å². The molecule has 3 saturated carbocycles. The summed E-state index contributed by atoms with van der Waals surface area (Å²) in [4.78, 5) is 31.5. The van der Waals surface area contributed by atoms with Gasteiger partial charge in [0, 0.05) is 13.0 Å². The zero-order valence-electron chi connectivity index (χ0n) is 26.1. The molecule has 9 atom stereocenters. The summed E-state index contributed by atoms with van der Waals surface area (Å²) in [5, 5.41) is 2.71. The lowest BCUT2D eigenvalue weighted by Gasteiger charge is -2.58. The standard InChI is InChI=1S/C32H56NO7P/c1-22(2)7-6-8-23(3)27-11-12-28-26-10-9-24-21-25(13-15-31(24,4)29(26)14-16-32(27,28)5)40-30(34)33-17-18-38-19-20-39-41(35,36)37/h9,22-23,25-29H,6-8,10-21H2,1-5H3,(H,33,34)(H2,35,36,37)/p-1. The van der Waals surface area contributed by atoms with Crippen LogP contribution in [0.15, 0.2) is 11.6 Å². The highest BCUT2D eigenvalue weighted by Gasteiger charge is 2.59. The van der Waals surface area contributed by atoms with Crippen LogP contribution in [0.3, 0.4) is 0 Å². The molecule has 2 N–H and O–H groups in total. The molecular formula is C32H55NO7P-. The maximum Gasteiger partial charge on any atom is 0.407 e. The maximum absolute atomic E-state index is 12.4. The number of amides is 1. The van der Waals surface area contributed by atoms with E-state index in [1.54, 1.807) is 0 Å². The molecule has 4 aliphatic rings. The average Bonchev–Trinajstić information content (AvgIpc) is 3.24. The van der Waals surface area contributed by atoms with E-state index in [9.17, 15) is 14.3 Å². The lowest BCUT2D eigenvalue weighted by Crippen LogP contribution is -2.51. The maximum atomic E-state index is 12.4. The van der Waals surface area contributed by atoms with E-state index in [1.807, 2.05) is 0 Å². The Morgan fingerprint density at radius 3 is 2.61 bits per heavy atom. The monoisotopic (exact) mass is 596 g/mol. The Morgan fingerprint density at radius 1 is 1.10 bits per heavy atom. The Morgan fingerprint density at radius 2 is 1.88 bits per heavy atom. The minimum atomic E-state index is -4.73. The molecule has 4 rings (SSSR count). The molecule has 0 saturated heterocycles. The summed E-state index contributed by atoms with van der Waals surface area (Å²) >= 11 is 0. The Hall–Kier alpha value is -0.920. The van der Waals surface area contributed by atoms with Crippen molar-refractivity contribution in [2.24, 2.45) is 46.3 Å². The van der Waals surface area contributed by atoms with E-state index in [2.05, 4.69) is 50.5 Å². The lowest BCUT2D eigenvalue weighted by atomic mass is 9.47. The van der Waals surface area contributed by atoms with Gasteiger partial charge in [-0.05, 0) is 91.3 Å². The van der Waals surface area contributed by atoms with Crippen LogP contribution in [-0.4, -0.2) is 43.5 Å². The van der Waals surface area contributed by atoms with Crippen molar-refractivity contribution in [1.82, 2.24) is 5.32 Å². The van der Waals surface area contributed by atoms with E-state index >= 15 is 0 Å². The van der Waals surface area contributed by atoms with Crippen molar-refractivity contribution >= 4 is 13.9 Å². The smallest absolute Gasteiger partial charge is 0.407 e. The van der Waals surface area contributed by atoms with Crippen molar-refractivity contribution in [2.75, 3.05) is 26.4 Å². The van der Waals surface area contributed by atoms with Crippen LogP contribution in [-0.2, 0) is 18.6 Å². The van der Waals surface area contributed by atoms with Crippen molar-refractivity contribution in [3.8, 4) is 0 Å². The van der Waals surface area contributed by atoms with Crippen LogP contribution in [0.4, 0.5) is 4.79 Å². The van der Waals surface area contributed by atoms with Gasteiger partial charge in [0.05, 0.1) is 19.8 Å². The third kappa shape index (κ3) is 7.98. The van der Waals surface area contributed by atoms with E-state index < -0.39 is 13.9 Å². The van der Waals surface area contributed by atoms with Crippen LogP contribution in [0.25, 0.3) is 0 Å². The second-order valence-electron chi connectivity index (χ2n) is 14.4. The molecule has 0 spiro atoms. The van der Waals surface area contributed by atoms with Gasteiger partial charge in [0.25, 0.3) is 7.82 Å². The summed E-state index contributed by atoms with van der Waals surface area (Å²) in [7, 11) is -4.73. The summed E-state index contributed by atoms with van der Waals surface area (Å²) in [5.74, 6) is 4.88. The Labute approximate surface area is 248 Å². The molecule has 9 unspecified atom stereocenters. The minimum Gasteiger partial charge on any atom is -0.756 e. The highest BCUT2D eigenvalue weighted by molar-refractivity contribution is 7.44. The fourth-order valence-electron chi connectivity index (χ4n) is 9.48. The van der Waals surface area contributed by atoms with Gasteiger partial charge in [0.2, 0.25) is 0 Å². The zero-order chi connectivity index (χ0) is 29.8. The second-order valence-corrected chi connectivity index (χ2v) is 15.6. The first-order valence-corrected chi connectivity index (χ1v) is 17.7. The van der Waals surface area contributed by atoms with Crippen LogP contribution >= 0.6 is 7.82 Å². The van der Waals surface area contributed by atoms with E-state index in [4.69, 9.17) is 14.4 Å². The lowest BCUT2D eigenvalue weighted by molar-refractivity contribution is -0.220. The number of ether oxygens (including phenoxy) is 2. The zero-order valence-corrected chi connectivity index (χ0v) is 27.0. The van der Waals surface area contributed by atoms with Crippen molar-refractivity contribution in [2.45, 2.75) is 111 Å². The quantitative estimate of drug-likeness (QED) is 0.139. The number of allylic oxidation sites excluding steroid dienone is 1. The molecule has 4 aliphatic carbocycles. The van der Waals surface area contributed by atoms with Crippen LogP contribution in [0.2, 0.25) is 0 Å². The van der Waals surface area contributed by atoms with Crippen LogP contribution in [0.1, 0.15) is 105 Å². The first-order valence-electron chi connectivity index (χ1n) is 16.2. The number of alkyl carbamates (subject to hydrolysis) is 1. The molecule has 0 aromatic rings. The molecule has 1 amide bonds. The molecule has 0 heterocycles. The molecule has 0 aliphatic heterocycles. The van der Waals surface area contributed by atoms with Crippen molar-refractivity contribution < 1.29 is 33.1 Å². The summed E-state index contributed by atoms with van der Waals surface area (Å²) in [6.45, 7) is 12.6. The molecule has 0 aromatic carbocycles. The number of fused-ring (bicyclic) bond motifs is 5. The summed E-state index contributed by atoms with van der Waals surface area (Å²) in [5.41, 5.74) is 2.22. The summed E-state index contributed by atoms with van der Waals surface area (Å²) in [6.07, 6.45) is 15.6. The third-order valence-corrected chi connectivity index (χ3v) is 12.0. The number of hydrogen-bond donors (Lipinski definition) is 2. The van der Waals surface area contributed by atoms with E-state index in [1.165, 1.54) is 56.9 Å². The highest BCUT2D eigenvalue weighted by Crippen LogP contribution is 2.67. The van der Waals surface area contributed by atoms with Gasteiger partial charge in [-0.3, -0.25) is 4.57 Å². The van der Waals surface area contributed by atoms with Gasteiger partial charge in [0.15, 0.2) is 0 Å². The van der Waals surface area contributed by atoms with Crippen molar-refractivity contribution in [3.63, 3.8) is 0 Å². The molecule has 0 aromatic heterocycles. The highest BCUT2D eigenvalue weighted by atomic mass is 31.2. The van der Waals surface area contributed by atoms with Gasteiger partial charge in [-0.1, -0.05) is 65.5 Å². The molecule has 0 radical (unpaired) electrons. The number of carbonyl (C=O) groups is 1. The Bertz CT molecular complexity index is 966. The number of rotatable bonds is 13.